The average molecular weight is 495 g/mol. The van der Waals surface area contributed by atoms with Crippen LogP contribution in [0.4, 0.5) is 9.52 Å². The van der Waals surface area contributed by atoms with Gasteiger partial charge in [0.2, 0.25) is 5.91 Å². The summed E-state index contributed by atoms with van der Waals surface area (Å²) in [6, 6.07) is 1.93. The Morgan fingerprint density at radius 2 is 2.03 bits per heavy atom. The van der Waals surface area contributed by atoms with Gasteiger partial charge in [-0.2, -0.15) is 0 Å². The first-order valence-corrected chi connectivity index (χ1v) is 10.6. The molecule has 1 unspecified atom stereocenters. The SMILES string of the molecule is CCN(CCC(=O)NC(CC(=O)O)C(=O)O)c1ncc(C(=O)Oc2ccc(C(=N)N)cc2F)s1. The zero-order chi connectivity index (χ0) is 25.4. The Kier molecular flexibility index (Phi) is 9.01. The van der Waals surface area contributed by atoms with Gasteiger partial charge in [-0.3, -0.25) is 15.0 Å². The molecule has 12 nitrogen and oxygen atoms in total. The van der Waals surface area contributed by atoms with E-state index in [0.29, 0.717) is 11.7 Å². The molecule has 0 spiro atoms. The molecule has 14 heteroatoms. The highest BCUT2D eigenvalue weighted by Gasteiger charge is 2.24. The predicted octanol–water partition coefficient (Wildman–Crippen LogP) is 1.05. The number of ether oxygens (including phenoxy) is 1. The van der Waals surface area contributed by atoms with Crippen LogP contribution in [0.1, 0.15) is 35.0 Å². The lowest BCUT2D eigenvalue weighted by atomic mass is 10.2. The number of nitrogens with two attached hydrogens (primary N) is 1. The van der Waals surface area contributed by atoms with Crippen molar-refractivity contribution in [2.75, 3.05) is 18.0 Å². The maximum Gasteiger partial charge on any atom is 0.355 e. The van der Waals surface area contributed by atoms with E-state index in [2.05, 4.69) is 10.3 Å². The van der Waals surface area contributed by atoms with E-state index in [1.54, 1.807) is 11.8 Å². The Bertz CT molecular complexity index is 1110. The fourth-order valence-electron chi connectivity index (χ4n) is 2.67. The number of rotatable bonds is 12. The van der Waals surface area contributed by atoms with Gasteiger partial charge in [-0.25, -0.2) is 19.0 Å². The van der Waals surface area contributed by atoms with Crippen LogP contribution in [0, 0.1) is 11.2 Å². The molecule has 0 aliphatic rings. The molecular weight excluding hydrogens is 473 g/mol. The number of aromatic nitrogens is 1. The van der Waals surface area contributed by atoms with E-state index in [1.165, 1.54) is 18.3 Å². The fourth-order valence-corrected chi connectivity index (χ4v) is 3.56. The van der Waals surface area contributed by atoms with Gasteiger partial charge in [-0.15, -0.1) is 0 Å². The number of benzene rings is 1. The summed E-state index contributed by atoms with van der Waals surface area (Å²) in [5.74, 6) is -5.88. The molecule has 2 rings (SSSR count). The normalized spacial score (nSPS) is 11.4. The van der Waals surface area contributed by atoms with Crippen molar-refractivity contribution in [2.45, 2.75) is 25.8 Å². The number of esters is 1. The van der Waals surface area contributed by atoms with Gasteiger partial charge in [-0.05, 0) is 25.1 Å². The van der Waals surface area contributed by atoms with E-state index in [4.69, 9.17) is 26.1 Å². The second-order valence-corrected chi connectivity index (χ2v) is 7.85. The van der Waals surface area contributed by atoms with Crippen LogP contribution in [0.2, 0.25) is 0 Å². The van der Waals surface area contributed by atoms with Gasteiger partial charge in [0.15, 0.2) is 16.7 Å². The van der Waals surface area contributed by atoms with E-state index < -0.39 is 42.1 Å². The van der Waals surface area contributed by atoms with E-state index in [0.717, 1.165) is 17.4 Å². The quantitative estimate of drug-likeness (QED) is 0.123. The fraction of sp³-hybridized carbons (Fsp3) is 0.300. The Balaban J connectivity index is 1.99. The van der Waals surface area contributed by atoms with Crippen molar-refractivity contribution in [1.82, 2.24) is 10.3 Å². The second-order valence-electron chi connectivity index (χ2n) is 6.84. The van der Waals surface area contributed by atoms with Crippen LogP contribution >= 0.6 is 11.3 Å². The summed E-state index contributed by atoms with van der Waals surface area (Å²) >= 11 is 0.946. The maximum atomic E-state index is 14.1. The minimum absolute atomic E-state index is 0.0698. The lowest BCUT2D eigenvalue weighted by Crippen LogP contribution is -2.43. The van der Waals surface area contributed by atoms with Crippen molar-refractivity contribution in [1.29, 1.82) is 5.41 Å². The van der Waals surface area contributed by atoms with Gasteiger partial charge in [0.25, 0.3) is 0 Å². The van der Waals surface area contributed by atoms with Crippen molar-refractivity contribution in [3.05, 3.63) is 40.7 Å². The minimum atomic E-state index is -1.55. The van der Waals surface area contributed by atoms with Crippen LogP contribution in [0.25, 0.3) is 0 Å². The molecule has 1 aromatic heterocycles. The summed E-state index contributed by atoms with van der Waals surface area (Å²) in [4.78, 5) is 52.1. The molecule has 0 aliphatic carbocycles. The number of nitrogens with zero attached hydrogens (tertiary/aromatic N) is 2. The monoisotopic (exact) mass is 495 g/mol. The van der Waals surface area contributed by atoms with Gasteiger partial charge < -0.3 is 30.9 Å². The van der Waals surface area contributed by atoms with Crippen molar-refractivity contribution in [3.8, 4) is 5.75 Å². The van der Waals surface area contributed by atoms with Crippen LogP contribution in [0.15, 0.2) is 24.4 Å². The summed E-state index contributed by atoms with van der Waals surface area (Å²) in [6.07, 6.45) is 0.332. The van der Waals surface area contributed by atoms with E-state index in [9.17, 15) is 23.6 Å². The average Bonchev–Trinajstić information content (AvgIpc) is 3.24. The van der Waals surface area contributed by atoms with E-state index in [1.807, 2.05) is 0 Å². The van der Waals surface area contributed by atoms with Gasteiger partial charge in [0, 0.05) is 25.1 Å². The van der Waals surface area contributed by atoms with Crippen molar-refractivity contribution < 1.29 is 38.5 Å². The van der Waals surface area contributed by atoms with Gasteiger partial charge >= 0.3 is 17.9 Å². The molecular formula is C20H22FN5O7S. The summed E-state index contributed by atoms with van der Waals surface area (Å²) in [6.45, 7) is 2.28. The number of hydrogen-bond acceptors (Lipinski definition) is 9. The summed E-state index contributed by atoms with van der Waals surface area (Å²) in [5.41, 5.74) is 5.43. The third kappa shape index (κ3) is 7.23. The highest BCUT2D eigenvalue weighted by molar-refractivity contribution is 7.17. The molecule has 1 aromatic carbocycles. The number of amides is 1. The predicted molar refractivity (Wildman–Crippen MR) is 119 cm³/mol. The van der Waals surface area contributed by atoms with Crippen molar-refractivity contribution in [3.63, 3.8) is 0 Å². The first kappa shape index (κ1) is 26.2. The number of amidine groups is 1. The second kappa shape index (κ2) is 11.7. The van der Waals surface area contributed by atoms with E-state index >= 15 is 0 Å². The minimum Gasteiger partial charge on any atom is -0.481 e. The number of aliphatic carboxylic acids is 2. The highest BCUT2D eigenvalue weighted by Crippen LogP contribution is 2.25. The molecule has 0 fully saturated rings. The molecule has 34 heavy (non-hydrogen) atoms. The topological polar surface area (TPSA) is 196 Å². The van der Waals surface area contributed by atoms with Crippen molar-refractivity contribution >= 4 is 46.1 Å². The molecule has 0 saturated carbocycles. The molecule has 1 heterocycles. The van der Waals surface area contributed by atoms with Crippen LogP contribution in [0.3, 0.4) is 0 Å². The Hall–Kier alpha value is -4.07. The Morgan fingerprint density at radius 3 is 2.59 bits per heavy atom. The number of carboxylic acids is 2. The zero-order valence-electron chi connectivity index (χ0n) is 17.9. The number of nitrogen functional groups attached to an aromatic ring is 1. The van der Waals surface area contributed by atoms with Crippen LogP contribution in [-0.2, 0) is 14.4 Å². The zero-order valence-corrected chi connectivity index (χ0v) is 18.7. The third-order valence-corrected chi connectivity index (χ3v) is 5.45. The number of nitrogens with one attached hydrogen (secondary N) is 2. The lowest BCUT2D eigenvalue weighted by Gasteiger charge is -2.20. The molecule has 2 aromatic rings. The third-order valence-electron chi connectivity index (χ3n) is 4.41. The number of carboxylic acid groups (broad SMARTS) is 2. The molecule has 1 amide bonds. The van der Waals surface area contributed by atoms with Crippen LogP contribution in [0.5, 0.6) is 5.75 Å². The largest absolute Gasteiger partial charge is 0.481 e. The Labute approximate surface area is 196 Å². The lowest BCUT2D eigenvalue weighted by molar-refractivity contribution is -0.147. The Morgan fingerprint density at radius 1 is 1.32 bits per heavy atom. The summed E-state index contributed by atoms with van der Waals surface area (Å²) < 4.78 is 19.2. The molecule has 0 bridgehead atoms. The maximum absolute atomic E-state index is 14.1. The first-order chi connectivity index (χ1) is 16.0. The number of halogens is 1. The number of carbonyl (C=O) groups excluding carboxylic acids is 2. The van der Waals surface area contributed by atoms with E-state index in [-0.39, 0.29) is 35.0 Å². The number of hydrogen-bond donors (Lipinski definition) is 5. The molecule has 0 aliphatic heterocycles. The van der Waals surface area contributed by atoms with Crippen LogP contribution < -0.4 is 20.7 Å². The molecule has 6 N–H and O–H groups in total. The highest BCUT2D eigenvalue weighted by atomic mass is 32.1. The molecule has 0 radical (unpaired) electrons. The molecule has 0 saturated heterocycles. The molecule has 1 atom stereocenters. The first-order valence-electron chi connectivity index (χ1n) is 9.82. The van der Waals surface area contributed by atoms with Crippen LogP contribution in [-0.4, -0.2) is 64.0 Å². The number of thiazole rings is 1. The molecule has 182 valence electrons. The van der Waals surface area contributed by atoms with Gasteiger partial charge in [-0.1, -0.05) is 11.3 Å². The summed E-state index contributed by atoms with van der Waals surface area (Å²) in [5, 5.41) is 27.6. The smallest absolute Gasteiger partial charge is 0.355 e. The summed E-state index contributed by atoms with van der Waals surface area (Å²) in [7, 11) is 0. The van der Waals surface area contributed by atoms with Gasteiger partial charge in [0.05, 0.1) is 12.6 Å². The number of anilines is 1. The van der Waals surface area contributed by atoms with Gasteiger partial charge in [0.1, 0.15) is 16.8 Å². The van der Waals surface area contributed by atoms with Crippen molar-refractivity contribution in [2.24, 2.45) is 5.73 Å². The standard InChI is InChI=1S/C20H22FN5O7S/c1-2-26(6-5-15(27)25-12(18(30)31)8-16(28)29)20-24-9-14(34-20)19(32)33-13-4-3-10(17(22)23)7-11(13)21/h3-4,7,9,12H,2,5-6,8H2,1H3,(H3,22,23)(H,25,27)(H,28,29)(H,30,31). The number of carbonyl (C=O) groups is 4.